The molecule has 14 heavy (non-hydrogen) atoms. The highest BCUT2D eigenvalue weighted by atomic mass is 16.4. The molecule has 0 saturated carbocycles. The van der Waals surface area contributed by atoms with E-state index in [4.69, 9.17) is 10.8 Å². The second kappa shape index (κ2) is 2.99. The highest BCUT2D eigenvalue weighted by Gasteiger charge is 2.05. The summed E-state index contributed by atoms with van der Waals surface area (Å²) in [6.45, 7) is 0. The zero-order valence-corrected chi connectivity index (χ0v) is 7.27. The van der Waals surface area contributed by atoms with Crippen molar-refractivity contribution < 1.29 is 9.90 Å². The fourth-order valence-electron chi connectivity index (χ4n) is 1.30. The van der Waals surface area contributed by atoms with E-state index in [1.807, 2.05) is 0 Å². The Morgan fingerprint density at radius 3 is 2.86 bits per heavy atom. The van der Waals surface area contributed by atoms with Gasteiger partial charge in [-0.25, -0.2) is 4.79 Å². The average Bonchev–Trinajstić information content (AvgIpc) is 2.18. The van der Waals surface area contributed by atoms with Crippen LogP contribution in [0, 0.1) is 0 Å². The lowest BCUT2D eigenvalue weighted by Crippen LogP contribution is -1.97. The number of nitrogens with two attached hydrogens (primary N) is 1. The molecule has 0 radical (unpaired) electrons. The van der Waals surface area contributed by atoms with E-state index in [0.717, 1.165) is 0 Å². The van der Waals surface area contributed by atoms with E-state index in [0.29, 0.717) is 16.6 Å². The Balaban J connectivity index is 2.76. The summed E-state index contributed by atoms with van der Waals surface area (Å²) in [7, 11) is 0. The summed E-state index contributed by atoms with van der Waals surface area (Å²) >= 11 is 0. The van der Waals surface area contributed by atoms with E-state index in [-0.39, 0.29) is 5.56 Å². The molecule has 4 heteroatoms. The maximum atomic E-state index is 10.7. The Bertz CT molecular complexity index is 508. The Labute approximate surface area is 80.0 Å². The number of pyridine rings is 1. The van der Waals surface area contributed by atoms with Crippen LogP contribution in [0.2, 0.25) is 0 Å². The summed E-state index contributed by atoms with van der Waals surface area (Å²) < 4.78 is 0. The van der Waals surface area contributed by atoms with E-state index < -0.39 is 5.97 Å². The van der Waals surface area contributed by atoms with E-state index >= 15 is 0 Å². The fraction of sp³-hybridized carbons (Fsp3) is 0. The number of aromatic carboxylic acids is 1. The number of carboxylic acids is 1. The van der Waals surface area contributed by atoms with Crippen LogP contribution in [0.1, 0.15) is 10.4 Å². The van der Waals surface area contributed by atoms with Gasteiger partial charge in [-0.1, -0.05) is 0 Å². The molecule has 2 rings (SSSR count). The standard InChI is InChI=1S/C10H8N2O2/c11-8-3-4-12-9-2-1-6(10(13)14)5-7(8)9/h1-5H,(H2,11,12)(H,13,14). The minimum Gasteiger partial charge on any atom is -0.478 e. The minimum atomic E-state index is -0.963. The van der Waals surface area contributed by atoms with Gasteiger partial charge in [0.05, 0.1) is 11.1 Å². The minimum absolute atomic E-state index is 0.220. The van der Waals surface area contributed by atoms with Crippen LogP contribution in [0.5, 0.6) is 0 Å². The Morgan fingerprint density at radius 1 is 1.36 bits per heavy atom. The quantitative estimate of drug-likeness (QED) is 0.711. The summed E-state index contributed by atoms with van der Waals surface area (Å²) in [6, 6.07) is 6.33. The lowest BCUT2D eigenvalue weighted by molar-refractivity contribution is 0.0697. The third-order valence-electron chi connectivity index (χ3n) is 2.02. The lowest BCUT2D eigenvalue weighted by Gasteiger charge is -2.01. The lowest BCUT2D eigenvalue weighted by atomic mass is 10.1. The highest BCUT2D eigenvalue weighted by Crippen LogP contribution is 2.19. The summed E-state index contributed by atoms with van der Waals surface area (Å²) in [5.74, 6) is -0.963. The zero-order valence-electron chi connectivity index (χ0n) is 7.27. The predicted molar refractivity (Wildman–Crippen MR) is 53.1 cm³/mol. The topological polar surface area (TPSA) is 76.2 Å². The molecule has 0 aliphatic carbocycles. The van der Waals surface area contributed by atoms with E-state index in [1.54, 1.807) is 18.3 Å². The Kier molecular flexibility index (Phi) is 1.81. The first-order valence-electron chi connectivity index (χ1n) is 4.06. The molecule has 0 aliphatic heterocycles. The van der Waals surface area contributed by atoms with Crippen LogP contribution in [0.25, 0.3) is 10.9 Å². The van der Waals surface area contributed by atoms with Crippen LogP contribution >= 0.6 is 0 Å². The number of benzene rings is 1. The molecule has 0 atom stereocenters. The average molecular weight is 188 g/mol. The third-order valence-corrected chi connectivity index (χ3v) is 2.02. The highest BCUT2D eigenvalue weighted by molar-refractivity contribution is 5.97. The van der Waals surface area contributed by atoms with Gasteiger partial charge in [0.1, 0.15) is 0 Å². The molecule has 0 saturated heterocycles. The van der Waals surface area contributed by atoms with Crippen molar-refractivity contribution >= 4 is 22.6 Å². The predicted octanol–water partition coefficient (Wildman–Crippen LogP) is 1.52. The van der Waals surface area contributed by atoms with Crippen LogP contribution in [-0.4, -0.2) is 16.1 Å². The number of carbonyl (C=O) groups is 1. The van der Waals surface area contributed by atoms with Gasteiger partial charge in [-0.15, -0.1) is 0 Å². The monoisotopic (exact) mass is 188 g/mol. The second-order valence-corrected chi connectivity index (χ2v) is 2.94. The Hall–Kier alpha value is -2.10. The first-order chi connectivity index (χ1) is 6.68. The molecule has 1 aromatic carbocycles. The summed E-state index contributed by atoms with van der Waals surface area (Å²) in [6.07, 6.45) is 1.60. The SMILES string of the molecule is Nc1ccnc2ccc(C(=O)O)cc12. The smallest absolute Gasteiger partial charge is 0.335 e. The molecule has 4 nitrogen and oxygen atoms in total. The molecule has 0 aliphatic rings. The van der Waals surface area contributed by atoms with Crippen molar-refractivity contribution in [3.05, 3.63) is 36.0 Å². The number of fused-ring (bicyclic) bond motifs is 1. The number of aromatic nitrogens is 1. The molecule has 0 fully saturated rings. The number of nitrogens with zero attached hydrogens (tertiary/aromatic N) is 1. The van der Waals surface area contributed by atoms with E-state index in [1.165, 1.54) is 12.1 Å². The molecule has 2 aromatic rings. The molecule has 0 unspecified atom stereocenters. The van der Waals surface area contributed by atoms with Gasteiger partial charge >= 0.3 is 5.97 Å². The molecular formula is C10H8N2O2. The molecule has 70 valence electrons. The van der Waals surface area contributed by atoms with Crippen molar-refractivity contribution in [1.29, 1.82) is 0 Å². The molecule has 0 amide bonds. The van der Waals surface area contributed by atoms with Crippen molar-refractivity contribution in [3.8, 4) is 0 Å². The maximum absolute atomic E-state index is 10.7. The second-order valence-electron chi connectivity index (χ2n) is 2.94. The van der Waals surface area contributed by atoms with Crippen LogP contribution < -0.4 is 5.73 Å². The number of nitrogen functional groups attached to an aromatic ring is 1. The van der Waals surface area contributed by atoms with Crippen molar-refractivity contribution in [3.63, 3.8) is 0 Å². The van der Waals surface area contributed by atoms with Crippen molar-refractivity contribution in [2.24, 2.45) is 0 Å². The zero-order chi connectivity index (χ0) is 10.1. The van der Waals surface area contributed by atoms with Crippen LogP contribution in [0.15, 0.2) is 30.5 Å². The third kappa shape index (κ3) is 1.26. The molecular weight excluding hydrogens is 180 g/mol. The van der Waals surface area contributed by atoms with Crippen LogP contribution in [0.3, 0.4) is 0 Å². The van der Waals surface area contributed by atoms with Crippen molar-refractivity contribution in [2.75, 3.05) is 5.73 Å². The number of hydrogen-bond acceptors (Lipinski definition) is 3. The van der Waals surface area contributed by atoms with Crippen molar-refractivity contribution in [2.45, 2.75) is 0 Å². The van der Waals surface area contributed by atoms with Gasteiger partial charge in [0.25, 0.3) is 0 Å². The largest absolute Gasteiger partial charge is 0.478 e. The van der Waals surface area contributed by atoms with Gasteiger partial charge < -0.3 is 10.8 Å². The Morgan fingerprint density at radius 2 is 2.14 bits per heavy atom. The van der Waals surface area contributed by atoms with E-state index in [2.05, 4.69) is 4.98 Å². The van der Waals surface area contributed by atoms with Crippen molar-refractivity contribution in [1.82, 2.24) is 4.98 Å². The summed E-state index contributed by atoms with van der Waals surface area (Å²) in [5, 5.41) is 9.45. The summed E-state index contributed by atoms with van der Waals surface area (Å²) in [4.78, 5) is 14.8. The van der Waals surface area contributed by atoms with Gasteiger partial charge in [0, 0.05) is 17.3 Å². The van der Waals surface area contributed by atoms with Gasteiger partial charge in [-0.2, -0.15) is 0 Å². The molecule has 0 spiro atoms. The normalized spacial score (nSPS) is 10.3. The fourth-order valence-corrected chi connectivity index (χ4v) is 1.30. The molecule has 1 aromatic heterocycles. The maximum Gasteiger partial charge on any atom is 0.335 e. The first kappa shape index (κ1) is 8.50. The number of hydrogen-bond donors (Lipinski definition) is 2. The van der Waals surface area contributed by atoms with Gasteiger partial charge in [0.2, 0.25) is 0 Å². The van der Waals surface area contributed by atoms with Crippen LogP contribution in [-0.2, 0) is 0 Å². The number of carboxylic acid groups (broad SMARTS) is 1. The first-order valence-corrected chi connectivity index (χ1v) is 4.06. The molecule has 3 N–H and O–H groups in total. The summed E-state index contributed by atoms with van der Waals surface area (Å²) in [5.41, 5.74) is 7.16. The molecule has 1 heterocycles. The van der Waals surface area contributed by atoms with Crippen LogP contribution in [0.4, 0.5) is 5.69 Å². The van der Waals surface area contributed by atoms with Gasteiger partial charge in [-0.3, -0.25) is 4.98 Å². The van der Waals surface area contributed by atoms with Gasteiger partial charge in [-0.05, 0) is 24.3 Å². The molecule has 0 bridgehead atoms. The van der Waals surface area contributed by atoms with E-state index in [9.17, 15) is 4.79 Å². The number of rotatable bonds is 1. The van der Waals surface area contributed by atoms with Gasteiger partial charge in [0.15, 0.2) is 0 Å². The number of anilines is 1.